The van der Waals surface area contributed by atoms with E-state index in [-0.39, 0.29) is 10.6 Å². The number of hydrogen-bond acceptors (Lipinski definition) is 2. The van der Waals surface area contributed by atoms with E-state index in [1.165, 1.54) is 18.2 Å². The van der Waals surface area contributed by atoms with Gasteiger partial charge < -0.3 is 5.32 Å². The van der Waals surface area contributed by atoms with E-state index in [4.69, 9.17) is 11.6 Å². The van der Waals surface area contributed by atoms with Gasteiger partial charge in [0.05, 0.1) is 16.3 Å². The van der Waals surface area contributed by atoms with Crippen LogP contribution in [0.4, 0.5) is 10.1 Å². The Hall–Kier alpha value is -2.66. The lowest BCUT2D eigenvalue weighted by Gasteiger charge is -2.08. The summed E-state index contributed by atoms with van der Waals surface area (Å²) in [7, 11) is 0. The van der Waals surface area contributed by atoms with E-state index in [0.29, 0.717) is 5.69 Å². The molecule has 1 amide bonds. The number of rotatable bonds is 3. The Bertz CT molecular complexity index is 781. The molecule has 0 saturated heterocycles. The van der Waals surface area contributed by atoms with Crippen molar-refractivity contribution in [3.05, 3.63) is 71.1 Å². The zero-order valence-corrected chi connectivity index (χ0v) is 12.1. The van der Waals surface area contributed by atoms with Crippen molar-refractivity contribution >= 4 is 23.2 Å². The lowest BCUT2D eigenvalue weighted by atomic mass is 10.1. The van der Waals surface area contributed by atoms with Gasteiger partial charge in [-0.15, -0.1) is 0 Å². The molecule has 3 aromatic rings. The molecule has 0 aliphatic heterocycles. The van der Waals surface area contributed by atoms with Crippen molar-refractivity contribution in [2.45, 2.75) is 0 Å². The van der Waals surface area contributed by atoms with Crippen molar-refractivity contribution in [3.63, 3.8) is 0 Å². The summed E-state index contributed by atoms with van der Waals surface area (Å²) in [6, 6.07) is 13.1. The third kappa shape index (κ3) is 2.84. The number of aromatic amines is 1. The minimum Gasteiger partial charge on any atom is -0.322 e. The Balaban J connectivity index is 1.80. The normalized spacial score (nSPS) is 10.5. The predicted molar refractivity (Wildman–Crippen MR) is 83.4 cm³/mol. The fraction of sp³-hybridized carbons (Fsp3) is 0. The summed E-state index contributed by atoms with van der Waals surface area (Å²) in [5.41, 5.74) is 2.18. The summed E-state index contributed by atoms with van der Waals surface area (Å²) in [5.74, 6) is -1.24. The fourth-order valence-electron chi connectivity index (χ4n) is 2.06. The first-order valence-corrected chi connectivity index (χ1v) is 6.88. The molecule has 2 aromatic carbocycles. The fourth-order valence-corrected chi connectivity index (χ4v) is 2.31. The van der Waals surface area contributed by atoms with Crippen LogP contribution in [-0.4, -0.2) is 16.1 Å². The van der Waals surface area contributed by atoms with Crippen molar-refractivity contribution < 1.29 is 9.18 Å². The third-order valence-electron chi connectivity index (χ3n) is 3.14. The van der Waals surface area contributed by atoms with E-state index < -0.39 is 11.7 Å². The molecule has 1 aromatic heterocycles. The van der Waals surface area contributed by atoms with Gasteiger partial charge >= 0.3 is 0 Å². The van der Waals surface area contributed by atoms with E-state index in [1.54, 1.807) is 18.3 Å². The smallest absolute Gasteiger partial charge is 0.260 e. The van der Waals surface area contributed by atoms with Crippen LogP contribution in [-0.2, 0) is 0 Å². The van der Waals surface area contributed by atoms with E-state index in [9.17, 15) is 9.18 Å². The molecule has 22 heavy (non-hydrogen) atoms. The van der Waals surface area contributed by atoms with Crippen molar-refractivity contribution in [2.75, 3.05) is 5.32 Å². The second kappa shape index (κ2) is 5.99. The lowest BCUT2D eigenvalue weighted by Crippen LogP contribution is -2.14. The highest BCUT2D eigenvalue weighted by molar-refractivity contribution is 6.34. The number of carbonyl (C=O) groups is 1. The van der Waals surface area contributed by atoms with Gasteiger partial charge in [-0.05, 0) is 35.9 Å². The van der Waals surface area contributed by atoms with Crippen molar-refractivity contribution in [3.8, 4) is 11.3 Å². The number of amides is 1. The number of H-pyrrole nitrogens is 1. The molecule has 6 heteroatoms. The van der Waals surface area contributed by atoms with Crippen LogP contribution in [0.25, 0.3) is 11.3 Å². The summed E-state index contributed by atoms with van der Waals surface area (Å²) in [6.45, 7) is 0. The van der Waals surface area contributed by atoms with Crippen LogP contribution in [0.5, 0.6) is 0 Å². The first kappa shape index (κ1) is 14.3. The van der Waals surface area contributed by atoms with Gasteiger partial charge in [0.1, 0.15) is 5.82 Å². The molecular weight excluding hydrogens is 305 g/mol. The van der Waals surface area contributed by atoms with Gasteiger partial charge in [0.2, 0.25) is 0 Å². The minimum atomic E-state index is -0.654. The standard InChI is InChI=1S/C16H11ClFN3O/c17-12-2-1-3-13(18)15(12)16(22)20-11-6-4-10(5-7-11)14-8-9-19-21-14/h1-9H,(H,19,21)(H,20,22). The summed E-state index contributed by atoms with van der Waals surface area (Å²) in [4.78, 5) is 12.1. The average molecular weight is 316 g/mol. The SMILES string of the molecule is O=C(Nc1ccc(-c2ccn[nH]2)cc1)c1c(F)cccc1Cl. The quantitative estimate of drug-likeness (QED) is 0.763. The largest absolute Gasteiger partial charge is 0.322 e. The van der Waals surface area contributed by atoms with Gasteiger partial charge in [-0.25, -0.2) is 4.39 Å². The van der Waals surface area contributed by atoms with Gasteiger partial charge in [0, 0.05) is 11.9 Å². The maximum Gasteiger partial charge on any atom is 0.260 e. The maximum atomic E-state index is 13.7. The molecule has 0 saturated carbocycles. The number of halogens is 2. The van der Waals surface area contributed by atoms with Crippen LogP contribution in [0.2, 0.25) is 5.02 Å². The first-order chi connectivity index (χ1) is 10.6. The number of nitrogens with zero attached hydrogens (tertiary/aromatic N) is 1. The second-order valence-electron chi connectivity index (χ2n) is 4.60. The number of carbonyl (C=O) groups excluding carboxylic acids is 1. The number of aromatic nitrogens is 2. The number of anilines is 1. The Morgan fingerprint density at radius 3 is 2.55 bits per heavy atom. The maximum absolute atomic E-state index is 13.7. The molecule has 0 bridgehead atoms. The number of hydrogen-bond donors (Lipinski definition) is 2. The van der Waals surface area contributed by atoms with Crippen LogP contribution >= 0.6 is 11.6 Å². The monoisotopic (exact) mass is 315 g/mol. The van der Waals surface area contributed by atoms with Gasteiger partial charge in [0.15, 0.2) is 0 Å². The second-order valence-corrected chi connectivity index (χ2v) is 5.01. The summed E-state index contributed by atoms with van der Waals surface area (Å²) < 4.78 is 13.7. The molecule has 0 unspecified atom stereocenters. The molecule has 0 fully saturated rings. The highest BCUT2D eigenvalue weighted by Gasteiger charge is 2.15. The minimum absolute atomic E-state index is 0.0755. The predicted octanol–water partition coefficient (Wildman–Crippen LogP) is 4.12. The molecule has 0 spiro atoms. The Morgan fingerprint density at radius 1 is 1.14 bits per heavy atom. The van der Waals surface area contributed by atoms with Crippen molar-refractivity contribution in [2.24, 2.45) is 0 Å². The van der Waals surface area contributed by atoms with Gasteiger partial charge in [-0.1, -0.05) is 29.8 Å². The van der Waals surface area contributed by atoms with Crippen molar-refractivity contribution in [1.29, 1.82) is 0 Å². The van der Waals surface area contributed by atoms with Crippen LogP contribution in [0, 0.1) is 5.82 Å². The van der Waals surface area contributed by atoms with Crippen LogP contribution < -0.4 is 5.32 Å². The summed E-state index contributed by atoms with van der Waals surface area (Å²) >= 11 is 5.87. The Morgan fingerprint density at radius 2 is 1.91 bits per heavy atom. The van der Waals surface area contributed by atoms with Gasteiger partial charge in [-0.3, -0.25) is 9.89 Å². The Kier molecular flexibility index (Phi) is 3.89. The summed E-state index contributed by atoms with van der Waals surface area (Å²) in [6.07, 6.45) is 1.66. The molecule has 1 heterocycles. The van der Waals surface area contributed by atoms with E-state index in [0.717, 1.165) is 11.3 Å². The molecule has 0 radical (unpaired) electrons. The molecular formula is C16H11ClFN3O. The van der Waals surface area contributed by atoms with E-state index in [2.05, 4.69) is 15.5 Å². The van der Waals surface area contributed by atoms with Crippen molar-refractivity contribution in [1.82, 2.24) is 10.2 Å². The molecule has 4 nitrogen and oxygen atoms in total. The Labute approximate surface area is 130 Å². The molecule has 0 aliphatic rings. The van der Waals surface area contributed by atoms with Gasteiger partial charge in [-0.2, -0.15) is 5.10 Å². The van der Waals surface area contributed by atoms with Gasteiger partial charge in [0.25, 0.3) is 5.91 Å². The highest BCUT2D eigenvalue weighted by Crippen LogP contribution is 2.22. The van der Waals surface area contributed by atoms with E-state index in [1.807, 2.05) is 18.2 Å². The zero-order chi connectivity index (χ0) is 15.5. The lowest BCUT2D eigenvalue weighted by molar-refractivity contribution is 0.102. The average Bonchev–Trinajstić information content (AvgIpc) is 3.02. The first-order valence-electron chi connectivity index (χ1n) is 6.50. The highest BCUT2D eigenvalue weighted by atomic mass is 35.5. The molecule has 110 valence electrons. The van der Waals surface area contributed by atoms with Crippen LogP contribution in [0.15, 0.2) is 54.7 Å². The third-order valence-corrected chi connectivity index (χ3v) is 3.46. The molecule has 3 rings (SSSR count). The van der Waals surface area contributed by atoms with Crippen LogP contribution in [0.1, 0.15) is 10.4 Å². The molecule has 0 aliphatic carbocycles. The molecule has 2 N–H and O–H groups in total. The zero-order valence-electron chi connectivity index (χ0n) is 11.3. The van der Waals surface area contributed by atoms with E-state index >= 15 is 0 Å². The number of nitrogens with one attached hydrogen (secondary N) is 2. The topological polar surface area (TPSA) is 57.8 Å². The van der Waals surface area contributed by atoms with Crippen LogP contribution in [0.3, 0.4) is 0 Å². The number of benzene rings is 2. The molecule has 0 atom stereocenters. The summed E-state index contributed by atoms with van der Waals surface area (Å²) in [5, 5.41) is 9.43.